The molecule has 1 N–H and O–H groups in total. The average Bonchev–Trinajstić information content (AvgIpc) is 3.06. The van der Waals surface area contributed by atoms with Crippen LogP contribution in [0, 0.1) is 34.0 Å². The van der Waals surface area contributed by atoms with Crippen LogP contribution >= 0.6 is 15.9 Å². The standard InChI is InChI=1S/C29H39BrO3/c1-19(31)27(3)13-12-25-23-10-7-21-17-29(32,33-18-20-5-8-22(30)9-6-20)16-15-26(21,2)24(23)11-14-28(25,27)4/h5-9,23-25,32H,10-18H2,1-4H3/t23-,24+,25+,26+,27-,28+,29?/m1/s1. The first-order valence-corrected chi connectivity index (χ1v) is 13.6. The average molecular weight is 516 g/mol. The Bertz CT molecular complexity index is 970. The molecule has 0 aromatic heterocycles. The molecule has 5 rings (SSSR count). The molecule has 4 heteroatoms. The summed E-state index contributed by atoms with van der Waals surface area (Å²) >= 11 is 3.47. The van der Waals surface area contributed by atoms with E-state index < -0.39 is 5.79 Å². The number of aliphatic hydroxyl groups is 1. The van der Waals surface area contributed by atoms with E-state index in [9.17, 15) is 9.90 Å². The number of carbonyl (C=O) groups is 1. The third-order valence-electron chi connectivity index (χ3n) is 10.9. The zero-order chi connectivity index (χ0) is 23.6. The molecule has 180 valence electrons. The first-order chi connectivity index (χ1) is 15.5. The van der Waals surface area contributed by atoms with Crippen LogP contribution in [0.25, 0.3) is 0 Å². The number of hydrogen-bond donors (Lipinski definition) is 1. The number of rotatable bonds is 4. The van der Waals surface area contributed by atoms with Crippen LogP contribution in [0.3, 0.4) is 0 Å². The van der Waals surface area contributed by atoms with E-state index in [2.05, 4.69) is 42.8 Å². The van der Waals surface area contributed by atoms with Gasteiger partial charge >= 0.3 is 0 Å². The molecule has 0 heterocycles. The van der Waals surface area contributed by atoms with Gasteiger partial charge in [0.25, 0.3) is 0 Å². The molecule has 4 aliphatic rings. The molecule has 1 unspecified atom stereocenters. The van der Waals surface area contributed by atoms with Crippen LogP contribution in [0.4, 0.5) is 0 Å². The van der Waals surface area contributed by atoms with Gasteiger partial charge in [-0.2, -0.15) is 0 Å². The van der Waals surface area contributed by atoms with Crippen LogP contribution in [-0.2, 0) is 16.1 Å². The SMILES string of the molecule is CC(=O)[C@@]1(C)CC[C@H]2[C@@H]3CC=C4CC(O)(OCc5ccc(Br)cc5)CC[C@]4(C)[C@H]3CC[C@@]21C. The highest BCUT2D eigenvalue weighted by Gasteiger charge is 2.64. The molecule has 3 fully saturated rings. The first kappa shape index (κ1) is 23.8. The van der Waals surface area contributed by atoms with Crippen molar-refractivity contribution >= 4 is 21.7 Å². The zero-order valence-electron chi connectivity index (χ0n) is 20.6. The summed E-state index contributed by atoms with van der Waals surface area (Å²) in [6, 6.07) is 8.11. The molecule has 0 aliphatic heterocycles. The molecule has 0 saturated heterocycles. The third kappa shape index (κ3) is 3.62. The zero-order valence-corrected chi connectivity index (χ0v) is 22.2. The Labute approximate surface area is 207 Å². The van der Waals surface area contributed by atoms with Crippen molar-refractivity contribution in [1.29, 1.82) is 0 Å². The monoisotopic (exact) mass is 514 g/mol. The summed E-state index contributed by atoms with van der Waals surface area (Å²) in [5.74, 6) is 1.26. The van der Waals surface area contributed by atoms with Gasteiger partial charge in [0.05, 0.1) is 6.61 Å². The van der Waals surface area contributed by atoms with Crippen molar-refractivity contribution in [2.45, 2.75) is 91.5 Å². The maximum atomic E-state index is 12.7. The summed E-state index contributed by atoms with van der Waals surface area (Å²) in [6.07, 6.45) is 10.4. The van der Waals surface area contributed by atoms with E-state index >= 15 is 0 Å². The summed E-state index contributed by atoms with van der Waals surface area (Å²) in [6.45, 7) is 9.36. The predicted octanol–water partition coefficient (Wildman–Crippen LogP) is 7.21. The van der Waals surface area contributed by atoms with Crippen molar-refractivity contribution in [1.82, 2.24) is 0 Å². The maximum Gasteiger partial charge on any atom is 0.169 e. The van der Waals surface area contributed by atoms with Crippen LogP contribution < -0.4 is 0 Å². The molecule has 33 heavy (non-hydrogen) atoms. The van der Waals surface area contributed by atoms with Crippen LogP contribution in [0.5, 0.6) is 0 Å². The van der Waals surface area contributed by atoms with Gasteiger partial charge in [0.2, 0.25) is 0 Å². The highest BCUT2D eigenvalue weighted by molar-refractivity contribution is 9.10. The lowest BCUT2D eigenvalue weighted by Gasteiger charge is -2.60. The van der Waals surface area contributed by atoms with Crippen molar-refractivity contribution in [2.24, 2.45) is 34.0 Å². The molecule has 0 bridgehead atoms. The molecule has 3 saturated carbocycles. The van der Waals surface area contributed by atoms with Crippen molar-refractivity contribution in [3.8, 4) is 0 Å². The van der Waals surface area contributed by atoms with Crippen LogP contribution in [0.1, 0.15) is 84.6 Å². The molecular weight excluding hydrogens is 476 g/mol. The van der Waals surface area contributed by atoms with Crippen molar-refractivity contribution in [3.63, 3.8) is 0 Å². The number of hydrogen-bond acceptors (Lipinski definition) is 3. The molecule has 3 nitrogen and oxygen atoms in total. The predicted molar refractivity (Wildman–Crippen MR) is 134 cm³/mol. The van der Waals surface area contributed by atoms with Crippen LogP contribution in [0.2, 0.25) is 0 Å². The molecule has 0 spiro atoms. The second kappa shape index (κ2) is 8.03. The Morgan fingerprint density at radius 3 is 2.45 bits per heavy atom. The fraction of sp³-hybridized carbons (Fsp3) is 0.690. The Hall–Kier alpha value is -0.970. The van der Waals surface area contributed by atoms with Gasteiger partial charge in [-0.05, 0) is 91.7 Å². The normalized spacial score (nSPS) is 44.4. The van der Waals surface area contributed by atoms with Gasteiger partial charge in [0.15, 0.2) is 5.79 Å². The minimum atomic E-state index is -1.07. The number of Topliss-reactive ketones (excluding diaryl/α,β-unsaturated/α-hetero) is 1. The Kier molecular flexibility index (Phi) is 5.78. The lowest BCUT2D eigenvalue weighted by atomic mass is 9.45. The van der Waals surface area contributed by atoms with E-state index in [1.807, 2.05) is 31.2 Å². The van der Waals surface area contributed by atoms with E-state index in [1.165, 1.54) is 18.4 Å². The number of ether oxygens (including phenoxy) is 1. The summed E-state index contributed by atoms with van der Waals surface area (Å²) in [4.78, 5) is 12.7. The van der Waals surface area contributed by atoms with Gasteiger partial charge in [-0.15, -0.1) is 0 Å². The number of halogens is 1. The molecule has 7 atom stereocenters. The van der Waals surface area contributed by atoms with E-state index in [1.54, 1.807) is 0 Å². The number of benzene rings is 1. The third-order valence-corrected chi connectivity index (χ3v) is 11.5. The topological polar surface area (TPSA) is 46.5 Å². The summed E-state index contributed by atoms with van der Waals surface area (Å²) in [5.41, 5.74) is 2.60. The number of allylic oxidation sites excluding steroid dienone is 1. The van der Waals surface area contributed by atoms with E-state index in [4.69, 9.17) is 4.74 Å². The minimum Gasteiger partial charge on any atom is -0.365 e. The number of fused-ring (bicyclic) bond motifs is 5. The number of ketones is 1. The second-order valence-electron chi connectivity index (χ2n) is 12.2. The van der Waals surface area contributed by atoms with E-state index in [-0.39, 0.29) is 16.2 Å². The van der Waals surface area contributed by atoms with Crippen molar-refractivity contribution < 1.29 is 14.6 Å². The lowest BCUT2D eigenvalue weighted by Crippen LogP contribution is -2.54. The molecular formula is C29H39BrO3. The Morgan fingerprint density at radius 1 is 1.06 bits per heavy atom. The van der Waals surface area contributed by atoms with Gasteiger partial charge in [0.1, 0.15) is 5.78 Å². The fourth-order valence-electron chi connectivity index (χ4n) is 8.39. The first-order valence-electron chi connectivity index (χ1n) is 12.8. The van der Waals surface area contributed by atoms with Crippen molar-refractivity contribution in [2.75, 3.05) is 0 Å². The molecule has 0 amide bonds. The van der Waals surface area contributed by atoms with Gasteiger partial charge in [-0.25, -0.2) is 0 Å². The largest absolute Gasteiger partial charge is 0.365 e. The molecule has 0 radical (unpaired) electrons. The summed E-state index contributed by atoms with van der Waals surface area (Å²) < 4.78 is 7.18. The summed E-state index contributed by atoms with van der Waals surface area (Å²) in [5, 5.41) is 11.3. The van der Waals surface area contributed by atoms with E-state index in [0.29, 0.717) is 43.0 Å². The van der Waals surface area contributed by atoms with Crippen LogP contribution in [0.15, 0.2) is 40.4 Å². The fourth-order valence-corrected chi connectivity index (χ4v) is 8.65. The molecule has 1 aromatic carbocycles. The summed E-state index contributed by atoms with van der Waals surface area (Å²) in [7, 11) is 0. The maximum absolute atomic E-state index is 12.7. The molecule has 4 aliphatic carbocycles. The molecule has 1 aromatic rings. The van der Waals surface area contributed by atoms with Gasteiger partial charge in [-0.3, -0.25) is 4.79 Å². The second-order valence-corrected chi connectivity index (χ2v) is 13.1. The number of carbonyl (C=O) groups excluding carboxylic acids is 1. The van der Waals surface area contributed by atoms with Crippen molar-refractivity contribution in [3.05, 3.63) is 46.0 Å². The highest BCUT2D eigenvalue weighted by atomic mass is 79.9. The van der Waals surface area contributed by atoms with E-state index in [0.717, 1.165) is 35.7 Å². The smallest absolute Gasteiger partial charge is 0.169 e. The quantitative estimate of drug-likeness (QED) is 0.340. The van der Waals surface area contributed by atoms with Gasteiger partial charge < -0.3 is 9.84 Å². The lowest BCUT2D eigenvalue weighted by molar-refractivity contribution is -0.231. The highest BCUT2D eigenvalue weighted by Crippen LogP contribution is 2.70. The Morgan fingerprint density at radius 2 is 1.76 bits per heavy atom. The van der Waals surface area contributed by atoms with Gasteiger partial charge in [0, 0.05) is 22.7 Å². The minimum absolute atomic E-state index is 0.130. The van der Waals surface area contributed by atoms with Gasteiger partial charge in [-0.1, -0.05) is 60.5 Å². The Balaban J connectivity index is 1.34. The van der Waals surface area contributed by atoms with Crippen LogP contribution in [-0.4, -0.2) is 16.7 Å².